The minimum atomic E-state index is 0.652. The molecule has 0 aliphatic carbocycles. The maximum Gasteiger partial charge on any atom is 0.00362 e. The highest BCUT2D eigenvalue weighted by Crippen LogP contribution is 2.08. The molecule has 1 rings (SSSR count). The van der Waals surface area contributed by atoms with Crippen LogP contribution in [-0.4, -0.2) is 12.6 Å². The van der Waals surface area contributed by atoms with Crippen LogP contribution in [0.5, 0.6) is 0 Å². The minimum Gasteiger partial charge on any atom is -0.314 e. The maximum atomic E-state index is 3.57. The average molecular weight is 219 g/mol. The molecule has 1 N–H and O–H groups in total. The lowest BCUT2D eigenvalue weighted by molar-refractivity contribution is 0.435. The first-order chi connectivity index (χ1) is 7.72. The Morgan fingerprint density at radius 1 is 1.12 bits per heavy atom. The molecule has 0 fully saturated rings. The van der Waals surface area contributed by atoms with E-state index in [1.54, 1.807) is 0 Å². The molecule has 0 radical (unpaired) electrons. The monoisotopic (exact) mass is 219 g/mol. The predicted molar refractivity (Wildman–Crippen MR) is 71.7 cm³/mol. The van der Waals surface area contributed by atoms with E-state index in [1.807, 2.05) is 0 Å². The number of hydrogen-bond acceptors (Lipinski definition) is 1. The van der Waals surface area contributed by atoms with Gasteiger partial charge in [-0.15, -0.1) is 0 Å². The van der Waals surface area contributed by atoms with E-state index in [4.69, 9.17) is 0 Å². The van der Waals surface area contributed by atoms with Crippen LogP contribution in [0.4, 0.5) is 0 Å². The Morgan fingerprint density at radius 2 is 1.81 bits per heavy atom. The summed E-state index contributed by atoms with van der Waals surface area (Å²) in [6.07, 6.45) is 3.68. The summed E-state index contributed by atoms with van der Waals surface area (Å²) < 4.78 is 0. The third kappa shape index (κ3) is 5.32. The van der Waals surface area contributed by atoms with Crippen molar-refractivity contribution < 1.29 is 0 Å². The smallest absolute Gasteiger partial charge is 0.00362 e. The summed E-state index contributed by atoms with van der Waals surface area (Å²) in [5.41, 5.74) is 1.46. The SMILES string of the molecule is CCC(C)NCC(C)CCc1ccccc1. The Hall–Kier alpha value is -0.820. The summed E-state index contributed by atoms with van der Waals surface area (Å²) in [6, 6.07) is 11.4. The third-order valence-corrected chi connectivity index (χ3v) is 3.20. The van der Waals surface area contributed by atoms with Gasteiger partial charge in [-0.1, -0.05) is 44.2 Å². The zero-order valence-corrected chi connectivity index (χ0v) is 10.9. The molecule has 2 unspecified atom stereocenters. The lowest BCUT2D eigenvalue weighted by Crippen LogP contribution is -2.29. The van der Waals surface area contributed by atoms with Crippen molar-refractivity contribution in [2.45, 2.75) is 46.1 Å². The van der Waals surface area contributed by atoms with Crippen molar-refractivity contribution in [2.24, 2.45) is 5.92 Å². The van der Waals surface area contributed by atoms with E-state index in [1.165, 1.54) is 24.8 Å². The second-order valence-corrected chi connectivity index (χ2v) is 4.85. The summed E-state index contributed by atoms with van der Waals surface area (Å²) in [7, 11) is 0. The van der Waals surface area contributed by atoms with Gasteiger partial charge in [0.1, 0.15) is 0 Å². The quantitative estimate of drug-likeness (QED) is 0.738. The number of nitrogens with one attached hydrogen (secondary N) is 1. The number of aryl methyl sites for hydroxylation is 1. The molecule has 0 heterocycles. The summed E-state index contributed by atoms with van der Waals surface area (Å²) >= 11 is 0. The molecule has 0 aliphatic rings. The highest BCUT2D eigenvalue weighted by molar-refractivity contribution is 5.14. The molecule has 0 saturated heterocycles. The first-order valence-corrected chi connectivity index (χ1v) is 6.49. The predicted octanol–water partition coefficient (Wildman–Crippen LogP) is 3.64. The van der Waals surface area contributed by atoms with Gasteiger partial charge in [0, 0.05) is 6.04 Å². The fourth-order valence-corrected chi connectivity index (χ4v) is 1.71. The van der Waals surface area contributed by atoms with E-state index >= 15 is 0 Å². The lowest BCUT2D eigenvalue weighted by Gasteiger charge is -2.16. The molecule has 0 amide bonds. The fourth-order valence-electron chi connectivity index (χ4n) is 1.71. The molecular formula is C15H25N. The van der Waals surface area contributed by atoms with Gasteiger partial charge in [-0.3, -0.25) is 0 Å². The van der Waals surface area contributed by atoms with E-state index < -0.39 is 0 Å². The summed E-state index contributed by atoms with van der Waals surface area (Å²) in [4.78, 5) is 0. The Balaban J connectivity index is 2.18. The van der Waals surface area contributed by atoms with Crippen molar-refractivity contribution in [3.8, 4) is 0 Å². The van der Waals surface area contributed by atoms with E-state index in [0.717, 1.165) is 12.5 Å². The third-order valence-electron chi connectivity index (χ3n) is 3.20. The van der Waals surface area contributed by atoms with Gasteiger partial charge in [-0.2, -0.15) is 0 Å². The van der Waals surface area contributed by atoms with Crippen molar-refractivity contribution in [1.82, 2.24) is 5.32 Å². The molecule has 1 aromatic rings. The Labute approximate surface area is 100 Å². The zero-order chi connectivity index (χ0) is 11.8. The first-order valence-electron chi connectivity index (χ1n) is 6.49. The molecule has 0 aromatic heterocycles. The Morgan fingerprint density at radius 3 is 2.44 bits per heavy atom. The fraction of sp³-hybridized carbons (Fsp3) is 0.600. The van der Waals surface area contributed by atoms with Gasteiger partial charge in [0.2, 0.25) is 0 Å². The van der Waals surface area contributed by atoms with E-state index in [9.17, 15) is 0 Å². The van der Waals surface area contributed by atoms with Crippen LogP contribution in [0.2, 0.25) is 0 Å². The van der Waals surface area contributed by atoms with Gasteiger partial charge in [-0.05, 0) is 44.2 Å². The molecule has 0 saturated carbocycles. The largest absolute Gasteiger partial charge is 0.314 e. The molecule has 0 aliphatic heterocycles. The van der Waals surface area contributed by atoms with Crippen LogP contribution in [0.1, 0.15) is 39.2 Å². The Bertz CT molecular complexity index is 268. The van der Waals surface area contributed by atoms with Crippen molar-refractivity contribution in [1.29, 1.82) is 0 Å². The molecular weight excluding hydrogens is 194 g/mol. The molecule has 0 bridgehead atoms. The topological polar surface area (TPSA) is 12.0 Å². The lowest BCUT2D eigenvalue weighted by atomic mass is 10.0. The molecule has 1 aromatic carbocycles. The van der Waals surface area contributed by atoms with Crippen molar-refractivity contribution >= 4 is 0 Å². The van der Waals surface area contributed by atoms with Crippen LogP contribution in [0, 0.1) is 5.92 Å². The maximum absolute atomic E-state index is 3.57. The van der Waals surface area contributed by atoms with Crippen LogP contribution in [0.25, 0.3) is 0 Å². The number of rotatable bonds is 7. The molecule has 2 atom stereocenters. The average Bonchev–Trinajstić information content (AvgIpc) is 2.34. The normalized spacial score (nSPS) is 14.7. The van der Waals surface area contributed by atoms with Gasteiger partial charge in [-0.25, -0.2) is 0 Å². The first kappa shape index (κ1) is 13.2. The zero-order valence-electron chi connectivity index (χ0n) is 10.9. The van der Waals surface area contributed by atoms with Crippen LogP contribution < -0.4 is 5.32 Å². The van der Waals surface area contributed by atoms with Crippen LogP contribution >= 0.6 is 0 Å². The summed E-state index contributed by atoms with van der Waals surface area (Å²) in [5.74, 6) is 0.759. The van der Waals surface area contributed by atoms with Crippen molar-refractivity contribution in [3.63, 3.8) is 0 Å². The van der Waals surface area contributed by atoms with Crippen LogP contribution in [0.15, 0.2) is 30.3 Å². The second kappa shape index (κ2) is 7.45. The molecule has 16 heavy (non-hydrogen) atoms. The number of benzene rings is 1. The second-order valence-electron chi connectivity index (χ2n) is 4.85. The molecule has 1 heteroatoms. The number of hydrogen-bond donors (Lipinski definition) is 1. The molecule has 1 nitrogen and oxygen atoms in total. The highest BCUT2D eigenvalue weighted by Gasteiger charge is 2.04. The van der Waals surface area contributed by atoms with E-state index in [0.29, 0.717) is 6.04 Å². The van der Waals surface area contributed by atoms with Gasteiger partial charge >= 0.3 is 0 Å². The highest BCUT2D eigenvalue weighted by atomic mass is 14.9. The van der Waals surface area contributed by atoms with Crippen molar-refractivity contribution in [3.05, 3.63) is 35.9 Å². The van der Waals surface area contributed by atoms with Gasteiger partial charge < -0.3 is 5.32 Å². The van der Waals surface area contributed by atoms with Crippen LogP contribution in [0.3, 0.4) is 0 Å². The van der Waals surface area contributed by atoms with E-state index in [2.05, 4.69) is 56.4 Å². The standard InChI is InChI=1S/C15H25N/c1-4-14(3)16-12-13(2)10-11-15-8-6-5-7-9-15/h5-9,13-14,16H,4,10-12H2,1-3H3. The molecule has 90 valence electrons. The van der Waals surface area contributed by atoms with Crippen LogP contribution in [-0.2, 0) is 6.42 Å². The van der Waals surface area contributed by atoms with E-state index in [-0.39, 0.29) is 0 Å². The Kier molecular flexibility index (Phi) is 6.17. The van der Waals surface area contributed by atoms with Gasteiger partial charge in [0.05, 0.1) is 0 Å². The van der Waals surface area contributed by atoms with Gasteiger partial charge in [0.15, 0.2) is 0 Å². The van der Waals surface area contributed by atoms with Crippen molar-refractivity contribution in [2.75, 3.05) is 6.54 Å². The minimum absolute atomic E-state index is 0.652. The summed E-state index contributed by atoms with van der Waals surface area (Å²) in [5, 5.41) is 3.57. The van der Waals surface area contributed by atoms with Gasteiger partial charge in [0.25, 0.3) is 0 Å². The molecule has 0 spiro atoms. The summed E-state index contributed by atoms with van der Waals surface area (Å²) in [6.45, 7) is 7.95.